The Morgan fingerprint density at radius 3 is 2.79 bits per heavy atom. The van der Waals surface area contributed by atoms with Crippen LogP contribution >= 0.6 is 0 Å². The van der Waals surface area contributed by atoms with Gasteiger partial charge in [0.25, 0.3) is 0 Å². The molecule has 1 aliphatic rings. The molecule has 0 spiro atoms. The first-order chi connectivity index (χ1) is 9.10. The SMILES string of the molecule is CCCCCC(O)C=CC1C(O)CC(=O)C1CC=O. The largest absolute Gasteiger partial charge is 0.392 e. The number of Topliss-reactive ketones (excluding diaryl/α,β-unsaturated/α-hetero) is 1. The van der Waals surface area contributed by atoms with E-state index in [0.29, 0.717) is 6.42 Å². The zero-order valence-electron chi connectivity index (χ0n) is 11.5. The van der Waals surface area contributed by atoms with Crippen LogP contribution in [0.5, 0.6) is 0 Å². The lowest BCUT2D eigenvalue weighted by Gasteiger charge is -2.15. The Kier molecular flexibility index (Phi) is 6.95. The van der Waals surface area contributed by atoms with Gasteiger partial charge in [0.1, 0.15) is 12.1 Å². The van der Waals surface area contributed by atoms with Crippen LogP contribution in [0.3, 0.4) is 0 Å². The van der Waals surface area contributed by atoms with Gasteiger partial charge in [0, 0.05) is 24.7 Å². The molecule has 0 saturated heterocycles. The molecule has 0 aromatic carbocycles. The maximum absolute atomic E-state index is 11.6. The minimum Gasteiger partial charge on any atom is -0.392 e. The van der Waals surface area contributed by atoms with Crippen molar-refractivity contribution in [1.29, 1.82) is 0 Å². The van der Waals surface area contributed by atoms with Gasteiger partial charge in [0.15, 0.2) is 0 Å². The van der Waals surface area contributed by atoms with Gasteiger partial charge in [-0.2, -0.15) is 0 Å². The normalized spacial score (nSPS) is 29.0. The Hall–Kier alpha value is -1.00. The summed E-state index contributed by atoms with van der Waals surface area (Å²) in [4.78, 5) is 22.2. The highest BCUT2D eigenvalue weighted by Crippen LogP contribution is 2.32. The number of carbonyl (C=O) groups is 2. The van der Waals surface area contributed by atoms with E-state index in [0.717, 1.165) is 25.5 Å². The summed E-state index contributed by atoms with van der Waals surface area (Å²) < 4.78 is 0. The first-order valence-corrected chi connectivity index (χ1v) is 7.11. The summed E-state index contributed by atoms with van der Waals surface area (Å²) in [6, 6.07) is 0. The molecule has 0 aromatic rings. The molecule has 1 aliphatic carbocycles. The van der Waals surface area contributed by atoms with Crippen molar-refractivity contribution in [2.45, 2.75) is 57.7 Å². The number of aldehydes is 1. The molecule has 0 aliphatic heterocycles. The Balaban J connectivity index is 2.52. The average Bonchev–Trinajstić information content (AvgIpc) is 2.63. The van der Waals surface area contributed by atoms with Crippen molar-refractivity contribution in [2.24, 2.45) is 11.8 Å². The number of unbranched alkanes of at least 4 members (excludes halogenated alkanes) is 2. The lowest BCUT2D eigenvalue weighted by atomic mass is 9.91. The van der Waals surface area contributed by atoms with Gasteiger partial charge in [-0.3, -0.25) is 4.79 Å². The number of carbonyl (C=O) groups excluding carboxylic acids is 2. The van der Waals surface area contributed by atoms with Crippen molar-refractivity contribution in [2.75, 3.05) is 0 Å². The van der Waals surface area contributed by atoms with Crippen LogP contribution in [0.4, 0.5) is 0 Å². The number of aliphatic hydroxyl groups is 2. The molecule has 0 aromatic heterocycles. The van der Waals surface area contributed by atoms with E-state index in [1.165, 1.54) is 0 Å². The maximum atomic E-state index is 11.6. The van der Waals surface area contributed by atoms with Gasteiger partial charge in [0.2, 0.25) is 0 Å². The molecule has 1 saturated carbocycles. The summed E-state index contributed by atoms with van der Waals surface area (Å²) >= 11 is 0. The third-order valence-corrected chi connectivity index (χ3v) is 3.74. The van der Waals surface area contributed by atoms with E-state index < -0.39 is 18.1 Å². The molecular formula is C15H24O4. The molecule has 0 heterocycles. The summed E-state index contributed by atoms with van der Waals surface area (Å²) in [6.45, 7) is 2.10. The van der Waals surface area contributed by atoms with E-state index in [-0.39, 0.29) is 24.5 Å². The molecule has 4 unspecified atom stereocenters. The second kappa shape index (κ2) is 8.23. The minimum atomic E-state index is -0.725. The monoisotopic (exact) mass is 268 g/mol. The Bertz CT molecular complexity index is 324. The summed E-state index contributed by atoms with van der Waals surface area (Å²) in [7, 11) is 0. The van der Waals surface area contributed by atoms with Gasteiger partial charge in [-0.15, -0.1) is 0 Å². The number of ketones is 1. The van der Waals surface area contributed by atoms with Gasteiger partial charge in [-0.05, 0) is 6.42 Å². The number of hydrogen-bond acceptors (Lipinski definition) is 4. The van der Waals surface area contributed by atoms with Crippen LogP contribution in [0.25, 0.3) is 0 Å². The van der Waals surface area contributed by atoms with Crippen LogP contribution in [-0.2, 0) is 9.59 Å². The van der Waals surface area contributed by atoms with Crippen molar-refractivity contribution in [3.05, 3.63) is 12.2 Å². The van der Waals surface area contributed by atoms with Crippen molar-refractivity contribution < 1.29 is 19.8 Å². The highest BCUT2D eigenvalue weighted by molar-refractivity contribution is 5.86. The van der Waals surface area contributed by atoms with Gasteiger partial charge >= 0.3 is 0 Å². The van der Waals surface area contributed by atoms with Crippen LogP contribution in [0.1, 0.15) is 45.4 Å². The van der Waals surface area contributed by atoms with Crippen molar-refractivity contribution in [1.82, 2.24) is 0 Å². The van der Waals surface area contributed by atoms with Gasteiger partial charge in [-0.1, -0.05) is 38.3 Å². The number of rotatable bonds is 8. The first kappa shape index (κ1) is 16.1. The Morgan fingerprint density at radius 1 is 1.42 bits per heavy atom. The van der Waals surface area contributed by atoms with Crippen molar-refractivity contribution in [3.8, 4) is 0 Å². The lowest BCUT2D eigenvalue weighted by Crippen LogP contribution is -2.19. The van der Waals surface area contributed by atoms with E-state index in [1.54, 1.807) is 12.2 Å². The summed E-state index contributed by atoms with van der Waals surface area (Å²) in [5, 5.41) is 19.6. The second-order valence-corrected chi connectivity index (χ2v) is 5.27. The second-order valence-electron chi connectivity index (χ2n) is 5.27. The van der Waals surface area contributed by atoms with Crippen LogP contribution < -0.4 is 0 Å². The molecule has 4 nitrogen and oxygen atoms in total. The smallest absolute Gasteiger partial charge is 0.139 e. The molecule has 108 valence electrons. The average molecular weight is 268 g/mol. The molecule has 0 amide bonds. The minimum absolute atomic E-state index is 0.0604. The standard InChI is InChI=1S/C15H24O4/c1-2-3-4-5-11(17)6-7-12-13(8-9-16)15(19)10-14(12)18/h6-7,9,11-14,17-18H,2-5,8,10H2,1H3. The summed E-state index contributed by atoms with van der Waals surface area (Å²) in [5.41, 5.74) is 0. The van der Waals surface area contributed by atoms with E-state index in [2.05, 4.69) is 6.92 Å². The van der Waals surface area contributed by atoms with E-state index in [9.17, 15) is 19.8 Å². The van der Waals surface area contributed by atoms with E-state index >= 15 is 0 Å². The van der Waals surface area contributed by atoms with E-state index in [4.69, 9.17) is 0 Å². The molecule has 0 radical (unpaired) electrons. The summed E-state index contributed by atoms with van der Waals surface area (Å²) in [5.74, 6) is -0.820. The Morgan fingerprint density at radius 2 is 2.16 bits per heavy atom. The van der Waals surface area contributed by atoms with Gasteiger partial charge < -0.3 is 15.0 Å². The molecule has 4 heteroatoms. The predicted octanol–water partition coefficient (Wildman–Crippen LogP) is 1.64. The van der Waals surface area contributed by atoms with E-state index in [1.807, 2.05) is 0 Å². The molecular weight excluding hydrogens is 244 g/mol. The van der Waals surface area contributed by atoms with Crippen LogP contribution in [0.2, 0.25) is 0 Å². The number of hydrogen-bond donors (Lipinski definition) is 2. The fourth-order valence-electron chi connectivity index (χ4n) is 2.59. The fourth-order valence-corrected chi connectivity index (χ4v) is 2.59. The van der Waals surface area contributed by atoms with Gasteiger partial charge in [0.05, 0.1) is 12.2 Å². The molecule has 19 heavy (non-hydrogen) atoms. The quantitative estimate of drug-likeness (QED) is 0.399. The molecule has 0 bridgehead atoms. The highest BCUT2D eigenvalue weighted by atomic mass is 16.3. The third kappa shape index (κ3) is 4.88. The zero-order chi connectivity index (χ0) is 14.3. The fraction of sp³-hybridized carbons (Fsp3) is 0.733. The summed E-state index contributed by atoms with van der Waals surface area (Å²) in [6.07, 6.45) is 6.93. The molecule has 1 rings (SSSR count). The van der Waals surface area contributed by atoms with Crippen LogP contribution in [0, 0.1) is 11.8 Å². The van der Waals surface area contributed by atoms with Crippen LogP contribution in [-0.4, -0.2) is 34.5 Å². The van der Waals surface area contributed by atoms with Crippen LogP contribution in [0.15, 0.2) is 12.2 Å². The zero-order valence-corrected chi connectivity index (χ0v) is 11.5. The van der Waals surface area contributed by atoms with Crippen molar-refractivity contribution >= 4 is 12.1 Å². The first-order valence-electron chi connectivity index (χ1n) is 7.11. The predicted molar refractivity (Wildman–Crippen MR) is 72.6 cm³/mol. The molecule has 4 atom stereocenters. The highest BCUT2D eigenvalue weighted by Gasteiger charge is 2.39. The molecule has 2 N–H and O–H groups in total. The van der Waals surface area contributed by atoms with Crippen molar-refractivity contribution in [3.63, 3.8) is 0 Å². The van der Waals surface area contributed by atoms with Gasteiger partial charge in [-0.25, -0.2) is 0 Å². The molecule has 1 fully saturated rings. The maximum Gasteiger partial charge on any atom is 0.139 e. The third-order valence-electron chi connectivity index (χ3n) is 3.74. The topological polar surface area (TPSA) is 74.6 Å². The number of aliphatic hydroxyl groups excluding tert-OH is 2. The lowest BCUT2D eigenvalue weighted by molar-refractivity contribution is -0.123. The Labute approximate surface area is 114 Å².